The van der Waals surface area contributed by atoms with Crippen molar-refractivity contribution in [2.24, 2.45) is 0 Å². The van der Waals surface area contributed by atoms with E-state index in [4.69, 9.17) is 27.9 Å². The van der Waals surface area contributed by atoms with Gasteiger partial charge < -0.3 is 10.1 Å². The lowest BCUT2D eigenvalue weighted by Crippen LogP contribution is -2.37. The highest BCUT2D eigenvalue weighted by molar-refractivity contribution is 6.43. The summed E-state index contributed by atoms with van der Waals surface area (Å²) < 4.78 is 5.53. The van der Waals surface area contributed by atoms with Crippen LogP contribution in [0.4, 0.5) is 0 Å². The number of hydrogen-bond donors (Lipinski definition) is 1. The molecule has 1 saturated heterocycles. The molecule has 6 heteroatoms. The van der Waals surface area contributed by atoms with Gasteiger partial charge in [0.2, 0.25) is 0 Å². The molecule has 1 N–H and O–H groups in total. The van der Waals surface area contributed by atoms with E-state index in [0.717, 1.165) is 24.4 Å². The molecule has 1 aliphatic heterocycles. The number of halogens is 2. The highest BCUT2D eigenvalue weighted by Crippen LogP contribution is 2.31. The first-order valence-corrected chi connectivity index (χ1v) is 9.46. The number of methoxy groups -OCH3 is 1. The van der Waals surface area contributed by atoms with Crippen molar-refractivity contribution in [1.82, 2.24) is 10.2 Å². The van der Waals surface area contributed by atoms with Gasteiger partial charge in [-0.25, -0.2) is 0 Å². The Balaban J connectivity index is 1.80. The molecule has 4 nitrogen and oxygen atoms in total. The number of likely N-dealkylation sites (tertiary alicyclic amines) is 1. The van der Waals surface area contributed by atoms with Crippen LogP contribution in [0.2, 0.25) is 10.0 Å². The lowest BCUT2D eigenvalue weighted by Gasteiger charge is -2.29. The Morgan fingerprint density at radius 2 is 1.88 bits per heavy atom. The quantitative estimate of drug-likeness (QED) is 0.782. The smallest absolute Gasteiger partial charge is 0.252 e. The van der Waals surface area contributed by atoms with E-state index >= 15 is 0 Å². The lowest BCUT2D eigenvalue weighted by atomic mass is 10.0. The van der Waals surface area contributed by atoms with Crippen molar-refractivity contribution in [2.75, 3.05) is 26.7 Å². The van der Waals surface area contributed by atoms with Crippen molar-refractivity contribution in [2.45, 2.75) is 18.9 Å². The van der Waals surface area contributed by atoms with Gasteiger partial charge in [0.25, 0.3) is 5.91 Å². The second kappa shape index (κ2) is 8.76. The minimum absolute atomic E-state index is 0.0514. The molecule has 3 rings (SSSR count). The molecule has 1 aliphatic rings. The molecule has 1 unspecified atom stereocenters. The second-order valence-electron chi connectivity index (χ2n) is 6.31. The summed E-state index contributed by atoms with van der Waals surface area (Å²) in [7, 11) is 1.67. The van der Waals surface area contributed by atoms with Gasteiger partial charge in [-0.05, 0) is 44.1 Å². The Morgan fingerprint density at radius 1 is 1.15 bits per heavy atom. The van der Waals surface area contributed by atoms with E-state index in [1.807, 2.05) is 18.2 Å². The summed E-state index contributed by atoms with van der Waals surface area (Å²) in [5.74, 6) is 0.607. The Hall–Kier alpha value is -1.75. The normalized spacial score (nSPS) is 15.7. The minimum atomic E-state index is -0.225. The van der Waals surface area contributed by atoms with Crippen molar-refractivity contribution in [1.29, 1.82) is 0 Å². The molecule has 1 amide bonds. The maximum absolute atomic E-state index is 12.6. The predicted octanol–water partition coefficient (Wildman–Crippen LogP) is 4.57. The zero-order valence-electron chi connectivity index (χ0n) is 14.7. The molecule has 0 spiro atoms. The lowest BCUT2D eigenvalue weighted by molar-refractivity contribution is 0.0937. The van der Waals surface area contributed by atoms with Gasteiger partial charge in [0.15, 0.2) is 0 Å². The molecule has 138 valence electrons. The number of rotatable bonds is 6. The van der Waals surface area contributed by atoms with Crippen molar-refractivity contribution in [3.63, 3.8) is 0 Å². The van der Waals surface area contributed by atoms with Gasteiger partial charge in [0, 0.05) is 12.1 Å². The van der Waals surface area contributed by atoms with Crippen LogP contribution in [0.1, 0.15) is 34.8 Å². The molecule has 0 saturated carbocycles. The number of nitrogens with zero attached hydrogens (tertiary/aromatic N) is 1. The SMILES string of the molecule is COc1ccccc1C(CNC(=O)c1cccc(Cl)c1Cl)N1CCCC1. The van der Waals surface area contributed by atoms with Crippen molar-refractivity contribution in [3.8, 4) is 5.75 Å². The second-order valence-corrected chi connectivity index (χ2v) is 7.10. The van der Waals surface area contributed by atoms with Crippen LogP contribution < -0.4 is 10.1 Å². The molecule has 0 aliphatic carbocycles. The van der Waals surface area contributed by atoms with Gasteiger partial charge in [0.05, 0.1) is 28.8 Å². The van der Waals surface area contributed by atoms with E-state index in [0.29, 0.717) is 17.1 Å². The van der Waals surface area contributed by atoms with E-state index in [-0.39, 0.29) is 17.0 Å². The van der Waals surface area contributed by atoms with Crippen LogP contribution in [-0.2, 0) is 0 Å². The van der Waals surface area contributed by atoms with Gasteiger partial charge in [-0.3, -0.25) is 9.69 Å². The molecule has 0 radical (unpaired) electrons. The van der Waals surface area contributed by atoms with Crippen LogP contribution in [0, 0.1) is 0 Å². The highest BCUT2D eigenvalue weighted by Gasteiger charge is 2.26. The highest BCUT2D eigenvalue weighted by atomic mass is 35.5. The maximum atomic E-state index is 12.6. The first kappa shape index (κ1) is 19.0. The number of hydrogen-bond acceptors (Lipinski definition) is 3. The molecule has 26 heavy (non-hydrogen) atoms. The predicted molar refractivity (Wildman–Crippen MR) is 105 cm³/mol. The largest absolute Gasteiger partial charge is 0.496 e. The average Bonchev–Trinajstić information content (AvgIpc) is 3.19. The van der Waals surface area contributed by atoms with Crippen LogP contribution in [0.3, 0.4) is 0 Å². The third kappa shape index (κ3) is 4.14. The third-order valence-corrected chi connectivity index (χ3v) is 5.55. The van der Waals surface area contributed by atoms with Gasteiger partial charge >= 0.3 is 0 Å². The Morgan fingerprint density at radius 3 is 2.62 bits per heavy atom. The number of benzene rings is 2. The Bertz CT molecular complexity index is 776. The van der Waals surface area contributed by atoms with Crippen LogP contribution in [0.5, 0.6) is 5.75 Å². The van der Waals surface area contributed by atoms with Gasteiger partial charge in [-0.1, -0.05) is 47.5 Å². The number of carbonyl (C=O) groups is 1. The zero-order valence-corrected chi connectivity index (χ0v) is 16.2. The van der Waals surface area contributed by atoms with E-state index < -0.39 is 0 Å². The van der Waals surface area contributed by atoms with Crippen molar-refractivity contribution in [3.05, 3.63) is 63.6 Å². The Labute approximate surface area is 164 Å². The first-order valence-electron chi connectivity index (χ1n) is 8.71. The zero-order chi connectivity index (χ0) is 18.5. The van der Waals surface area contributed by atoms with E-state index in [1.54, 1.807) is 25.3 Å². The van der Waals surface area contributed by atoms with Crippen LogP contribution in [0.25, 0.3) is 0 Å². The van der Waals surface area contributed by atoms with E-state index in [2.05, 4.69) is 16.3 Å². The Kier molecular flexibility index (Phi) is 6.41. The summed E-state index contributed by atoms with van der Waals surface area (Å²) in [6, 6.07) is 13.1. The van der Waals surface area contributed by atoms with E-state index in [9.17, 15) is 4.79 Å². The molecule has 2 aromatic rings. The number of para-hydroxylation sites is 1. The number of ether oxygens (including phenoxy) is 1. The fourth-order valence-electron chi connectivity index (χ4n) is 3.39. The summed E-state index contributed by atoms with van der Waals surface area (Å²) in [5.41, 5.74) is 1.47. The summed E-state index contributed by atoms with van der Waals surface area (Å²) in [5, 5.41) is 3.67. The fourth-order valence-corrected chi connectivity index (χ4v) is 3.78. The molecule has 1 atom stereocenters. The number of nitrogens with one attached hydrogen (secondary N) is 1. The molecule has 0 bridgehead atoms. The standard InChI is InChI=1S/C20H22Cl2N2O2/c1-26-18-10-3-2-7-14(18)17(24-11-4-5-12-24)13-23-20(25)15-8-6-9-16(21)19(15)22/h2-3,6-10,17H,4-5,11-13H2,1H3,(H,23,25). The number of carbonyl (C=O) groups excluding carboxylic acids is 1. The average molecular weight is 393 g/mol. The topological polar surface area (TPSA) is 41.6 Å². The van der Waals surface area contributed by atoms with Crippen molar-refractivity contribution >= 4 is 29.1 Å². The summed E-state index contributed by atoms with van der Waals surface area (Å²) >= 11 is 12.2. The van der Waals surface area contributed by atoms with Gasteiger partial charge in [-0.2, -0.15) is 0 Å². The van der Waals surface area contributed by atoms with Crippen LogP contribution in [-0.4, -0.2) is 37.6 Å². The number of amides is 1. The van der Waals surface area contributed by atoms with Gasteiger partial charge in [0.1, 0.15) is 5.75 Å². The molecule has 0 aromatic heterocycles. The molecule has 1 fully saturated rings. The summed E-state index contributed by atoms with van der Waals surface area (Å²) in [4.78, 5) is 15.0. The summed E-state index contributed by atoms with van der Waals surface area (Å²) in [6.45, 7) is 2.50. The van der Waals surface area contributed by atoms with E-state index in [1.165, 1.54) is 12.8 Å². The fraction of sp³-hybridized carbons (Fsp3) is 0.350. The van der Waals surface area contributed by atoms with Crippen molar-refractivity contribution < 1.29 is 9.53 Å². The molecule has 1 heterocycles. The van der Waals surface area contributed by atoms with Crippen LogP contribution in [0.15, 0.2) is 42.5 Å². The minimum Gasteiger partial charge on any atom is -0.496 e. The van der Waals surface area contributed by atoms with Gasteiger partial charge in [-0.15, -0.1) is 0 Å². The third-order valence-electron chi connectivity index (χ3n) is 4.73. The first-order chi connectivity index (χ1) is 12.6. The molecular formula is C20H22Cl2N2O2. The van der Waals surface area contributed by atoms with Crippen LogP contribution >= 0.6 is 23.2 Å². The monoisotopic (exact) mass is 392 g/mol. The maximum Gasteiger partial charge on any atom is 0.252 e. The molecular weight excluding hydrogens is 371 g/mol. The summed E-state index contributed by atoms with van der Waals surface area (Å²) in [6.07, 6.45) is 2.33. The molecule has 2 aromatic carbocycles.